The predicted octanol–water partition coefficient (Wildman–Crippen LogP) is 17.7. The first-order valence-corrected chi connectivity index (χ1v) is 35.9. The van der Waals surface area contributed by atoms with Crippen molar-refractivity contribution in [1.29, 1.82) is 0 Å². The summed E-state index contributed by atoms with van der Waals surface area (Å²) in [5, 5.41) is 0. The zero-order chi connectivity index (χ0) is 43.5. The van der Waals surface area contributed by atoms with E-state index in [9.17, 15) is 14.4 Å². The summed E-state index contributed by atoms with van der Waals surface area (Å²) in [4.78, 5) is 36.1. The molecule has 0 aromatic heterocycles. The molecule has 9 rings (SSSR count). The first-order valence-electron chi connectivity index (χ1n) is 28.8. The Hall–Kier alpha value is 0.915. The van der Waals surface area contributed by atoms with Gasteiger partial charge in [0.2, 0.25) is 0 Å². The van der Waals surface area contributed by atoms with Gasteiger partial charge in [-0.05, 0) is 49.9 Å². The minimum absolute atomic E-state index is 0.766. The Balaban J connectivity index is 0.000000152. The van der Waals surface area contributed by atoms with Crippen LogP contribution >= 0.6 is 0 Å². The van der Waals surface area contributed by atoms with Crippen molar-refractivity contribution in [3.63, 3.8) is 0 Å². The van der Waals surface area contributed by atoms with Gasteiger partial charge in [0.1, 0.15) is 0 Å². The van der Waals surface area contributed by atoms with E-state index in [0.29, 0.717) is 0 Å². The van der Waals surface area contributed by atoms with Crippen LogP contribution in [-0.2, 0) is 21.0 Å². The van der Waals surface area contributed by atoms with E-state index in [1.54, 1.807) is 0 Å². The molecule has 0 aromatic carbocycles. The van der Waals surface area contributed by atoms with Crippen LogP contribution in [0.4, 0.5) is 0 Å². The predicted molar refractivity (Wildman–Crippen MR) is 266 cm³/mol. The summed E-state index contributed by atoms with van der Waals surface area (Å²) in [6.45, 7) is 0. The molecule has 9 aliphatic carbocycles. The van der Waals surface area contributed by atoms with E-state index in [1.165, 1.54) is 289 Å². The molecule has 0 aromatic rings. The number of hydrogen-bond donors (Lipinski definition) is 3. The van der Waals surface area contributed by atoms with Crippen molar-refractivity contribution in [2.45, 2.75) is 339 Å². The third-order valence-electron chi connectivity index (χ3n) is 20.3. The standard InChI is InChI=1S/3C18H34OSi.O.V/c3*19-20(16-10-4-1-5-11-16,17-12-6-2-7-13-17)18-14-8-3-9-15-18;;/h3*16-19H,1-15H2;;. The Morgan fingerprint density at radius 2 is 0.274 bits per heavy atom. The van der Waals surface area contributed by atoms with Crippen LogP contribution in [-0.4, -0.2) is 39.3 Å². The van der Waals surface area contributed by atoms with Crippen LogP contribution in [0.1, 0.15) is 289 Å². The summed E-state index contributed by atoms with van der Waals surface area (Å²) in [7, 11) is -6.14. The topological polar surface area (TPSA) is 77.8 Å². The summed E-state index contributed by atoms with van der Waals surface area (Å²) < 4.78 is 8.19. The number of hydrogen-bond acceptors (Lipinski definition) is 4. The van der Waals surface area contributed by atoms with E-state index in [2.05, 4.69) is 0 Å². The van der Waals surface area contributed by atoms with E-state index in [4.69, 9.17) is 3.67 Å². The zero-order valence-electron chi connectivity index (χ0n) is 40.7. The van der Waals surface area contributed by atoms with Crippen LogP contribution < -0.4 is 0 Å². The molecular weight excluding hydrogens is 848 g/mol. The van der Waals surface area contributed by atoms with E-state index < -0.39 is 25.0 Å². The zero-order valence-corrected chi connectivity index (χ0v) is 45.1. The van der Waals surface area contributed by atoms with Crippen LogP contribution in [0.5, 0.6) is 0 Å². The summed E-state index contributed by atoms with van der Waals surface area (Å²) in [5.41, 5.74) is 6.90. The molecule has 0 atom stereocenters. The average molecular weight is 951 g/mol. The van der Waals surface area contributed by atoms with Crippen molar-refractivity contribution < 1.29 is 35.4 Å². The number of rotatable bonds is 9. The molecule has 9 saturated carbocycles. The van der Waals surface area contributed by atoms with Gasteiger partial charge in [-0.15, -0.1) is 0 Å². The molecule has 62 heavy (non-hydrogen) atoms. The molecule has 359 valence electrons. The second kappa shape index (κ2) is 27.8. The van der Waals surface area contributed by atoms with Crippen molar-refractivity contribution in [3.8, 4) is 0 Å². The van der Waals surface area contributed by atoms with E-state index >= 15 is 0 Å². The minimum atomic E-state index is -2.05. The second-order valence-electron chi connectivity index (χ2n) is 23.7. The van der Waals surface area contributed by atoms with Crippen molar-refractivity contribution >= 4 is 25.0 Å². The van der Waals surface area contributed by atoms with Gasteiger partial charge in [0.25, 0.3) is 0 Å². The second-order valence-corrected chi connectivity index (χ2v) is 36.3. The van der Waals surface area contributed by atoms with E-state index in [-0.39, 0.29) is 0 Å². The third kappa shape index (κ3) is 13.6. The molecule has 0 amide bonds. The van der Waals surface area contributed by atoms with E-state index in [1.807, 2.05) is 0 Å². The summed E-state index contributed by atoms with van der Waals surface area (Å²) in [6.07, 6.45) is 62.8. The van der Waals surface area contributed by atoms with E-state index in [0.717, 1.165) is 67.2 Å². The molecule has 0 radical (unpaired) electrons. The van der Waals surface area contributed by atoms with Gasteiger partial charge in [0.15, 0.2) is 25.0 Å². The molecule has 9 aliphatic rings. The molecule has 0 unspecified atom stereocenters. The van der Waals surface area contributed by atoms with Gasteiger partial charge in [-0.2, -0.15) is 0 Å². The van der Waals surface area contributed by atoms with Gasteiger partial charge in [-0.1, -0.05) is 289 Å². The normalized spacial score (nSPS) is 27.8. The van der Waals surface area contributed by atoms with Gasteiger partial charge in [-0.25, -0.2) is 0 Å². The van der Waals surface area contributed by atoms with Gasteiger partial charge in [0.05, 0.1) is 0 Å². The fourth-order valence-corrected chi connectivity index (χ4v) is 35.1. The van der Waals surface area contributed by atoms with Crippen LogP contribution in [0.15, 0.2) is 0 Å². The Morgan fingerprint density at radius 3 is 0.355 bits per heavy atom. The maximum atomic E-state index is 12.0. The van der Waals surface area contributed by atoms with Gasteiger partial charge in [-0.3, -0.25) is 0 Å². The monoisotopic (exact) mass is 950 g/mol. The molecule has 4 nitrogen and oxygen atoms in total. The SMILES string of the molecule is O[Si](C1CCCCC1)(C1CCCCC1)C1CCCCC1.O[Si](C1CCCCC1)(C1CCCCC1)C1CCCCC1.O[Si](C1CCCCC1)(C1CCCCC1)C1CCCCC1.[O]=[V]. The third-order valence-corrected chi connectivity index (χ3v) is 37.3. The molecule has 0 saturated heterocycles. The van der Waals surface area contributed by atoms with Gasteiger partial charge in [0, 0.05) is 0 Å². The summed E-state index contributed by atoms with van der Waals surface area (Å²) in [6, 6.07) is 0. The Morgan fingerprint density at radius 1 is 0.194 bits per heavy atom. The van der Waals surface area contributed by atoms with Crippen molar-refractivity contribution in [2.24, 2.45) is 0 Å². The molecule has 3 N–H and O–H groups in total. The Bertz CT molecular complexity index is 891. The van der Waals surface area contributed by atoms with Crippen molar-refractivity contribution in [2.75, 3.05) is 0 Å². The first-order chi connectivity index (χ1) is 30.4. The molecular formula is C54H102O4Si3V. The Labute approximate surface area is 396 Å². The van der Waals surface area contributed by atoms with Crippen LogP contribution in [0, 0.1) is 0 Å². The maximum absolute atomic E-state index is 12.0. The molecule has 8 heteroatoms. The Kier molecular flexibility index (Phi) is 23.4. The van der Waals surface area contributed by atoms with Crippen LogP contribution in [0.3, 0.4) is 0 Å². The summed E-state index contributed by atoms with van der Waals surface area (Å²) in [5.74, 6) is 0. The first kappa shape index (κ1) is 52.3. The molecule has 9 fully saturated rings. The quantitative estimate of drug-likeness (QED) is 0.201. The molecule has 0 heterocycles. The van der Waals surface area contributed by atoms with Crippen molar-refractivity contribution in [3.05, 3.63) is 0 Å². The fourth-order valence-electron chi connectivity index (χ4n) is 17.1. The summed E-state index contributed by atoms with van der Waals surface area (Å²) >= 11 is 1.06. The van der Waals surface area contributed by atoms with Crippen LogP contribution in [0.2, 0.25) is 49.9 Å². The average Bonchev–Trinajstić information content (AvgIpc) is 3.39. The van der Waals surface area contributed by atoms with Gasteiger partial charge < -0.3 is 14.4 Å². The molecule has 0 bridgehead atoms. The molecule has 0 spiro atoms. The molecule has 0 aliphatic heterocycles. The van der Waals surface area contributed by atoms with Gasteiger partial charge >= 0.3 is 21.0 Å². The van der Waals surface area contributed by atoms with Crippen LogP contribution in [0.25, 0.3) is 0 Å². The van der Waals surface area contributed by atoms with Crippen molar-refractivity contribution in [1.82, 2.24) is 0 Å². The fraction of sp³-hybridized carbons (Fsp3) is 1.00.